The number of nitrogens with two attached hydrogens (primary N) is 2. The third-order valence-electron chi connectivity index (χ3n) is 3.73. The van der Waals surface area contributed by atoms with Gasteiger partial charge < -0.3 is 10.7 Å². The maximum absolute atomic E-state index is 6.05. The second-order valence-corrected chi connectivity index (χ2v) is 5.02. The molecule has 0 aromatic rings. The van der Waals surface area contributed by atoms with Crippen LogP contribution in [0.2, 0.25) is 0 Å². The molecule has 0 heterocycles. The SMILES string of the molecule is N/C(=C\N(N)CC=C1CCC1)C1CCCC1. The van der Waals surface area contributed by atoms with Crippen LogP contribution in [0.25, 0.3) is 0 Å². The van der Waals surface area contributed by atoms with Gasteiger partial charge in [0.1, 0.15) is 0 Å². The van der Waals surface area contributed by atoms with Crippen molar-refractivity contribution < 1.29 is 0 Å². The van der Waals surface area contributed by atoms with Crippen LogP contribution < -0.4 is 11.6 Å². The second kappa shape index (κ2) is 5.39. The number of hydrazine groups is 1. The summed E-state index contributed by atoms with van der Waals surface area (Å²) in [6.07, 6.45) is 13.1. The third-order valence-corrected chi connectivity index (χ3v) is 3.73. The van der Waals surface area contributed by atoms with Gasteiger partial charge in [-0.05, 0) is 38.0 Å². The molecule has 0 aromatic carbocycles. The van der Waals surface area contributed by atoms with Gasteiger partial charge in [0.25, 0.3) is 0 Å². The largest absolute Gasteiger partial charge is 0.401 e. The zero-order valence-corrected chi connectivity index (χ0v) is 9.99. The molecule has 0 spiro atoms. The molecule has 2 saturated carbocycles. The molecule has 0 aliphatic heterocycles. The Balaban J connectivity index is 1.79. The molecule has 2 rings (SSSR count). The first-order valence-corrected chi connectivity index (χ1v) is 6.42. The second-order valence-electron chi connectivity index (χ2n) is 5.02. The highest BCUT2D eigenvalue weighted by Crippen LogP contribution is 2.28. The minimum Gasteiger partial charge on any atom is -0.401 e. The molecule has 3 nitrogen and oxygen atoms in total. The lowest BCUT2D eigenvalue weighted by Gasteiger charge is -2.19. The van der Waals surface area contributed by atoms with E-state index < -0.39 is 0 Å². The highest BCUT2D eigenvalue weighted by Gasteiger charge is 2.17. The van der Waals surface area contributed by atoms with Crippen LogP contribution in [-0.2, 0) is 0 Å². The molecule has 0 saturated heterocycles. The molecular weight excluding hydrogens is 198 g/mol. The molecule has 4 N–H and O–H groups in total. The average molecular weight is 221 g/mol. The fraction of sp³-hybridized carbons (Fsp3) is 0.692. The molecule has 0 amide bonds. The molecule has 2 aliphatic carbocycles. The smallest absolute Gasteiger partial charge is 0.0519 e. The van der Waals surface area contributed by atoms with Crippen molar-refractivity contribution in [1.82, 2.24) is 5.01 Å². The van der Waals surface area contributed by atoms with Gasteiger partial charge in [0.15, 0.2) is 0 Å². The van der Waals surface area contributed by atoms with Crippen molar-refractivity contribution >= 4 is 0 Å². The van der Waals surface area contributed by atoms with Gasteiger partial charge in [0, 0.05) is 11.9 Å². The van der Waals surface area contributed by atoms with Crippen LogP contribution in [0.4, 0.5) is 0 Å². The highest BCUT2D eigenvalue weighted by molar-refractivity contribution is 5.11. The van der Waals surface area contributed by atoms with E-state index in [1.165, 1.54) is 44.9 Å². The molecule has 3 heteroatoms. The minimum absolute atomic E-state index is 0.572. The van der Waals surface area contributed by atoms with Crippen LogP contribution in [0.3, 0.4) is 0 Å². The van der Waals surface area contributed by atoms with Crippen molar-refractivity contribution in [2.45, 2.75) is 44.9 Å². The topological polar surface area (TPSA) is 55.3 Å². The van der Waals surface area contributed by atoms with E-state index in [4.69, 9.17) is 11.6 Å². The normalized spacial score (nSPS) is 22.1. The highest BCUT2D eigenvalue weighted by atomic mass is 15.4. The molecule has 2 fully saturated rings. The molecule has 0 aromatic heterocycles. The van der Waals surface area contributed by atoms with E-state index in [0.29, 0.717) is 5.92 Å². The Morgan fingerprint density at radius 1 is 1.25 bits per heavy atom. The Bertz CT molecular complexity index is 282. The molecule has 2 aliphatic rings. The lowest BCUT2D eigenvalue weighted by Crippen LogP contribution is -2.28. The molecule has 90 valence electrons. The number of hydrogen-bond donors (Lipinski definition) is 2. The van der Waals surface area contributed by atoms with Gasteiger partial charge in [0.05, 0.1) is 6.54 Å². The summed E-state index contributed by atoms with van der Waals surface area (Å²) in [7, 11) is 0. The van der Waals surface area contributed by atoms with Crippen LogP contribution >= 0.6 is 0 Å². The van der Waals surface area contributed by atoms with E-state index in [1.807, 2.05) is 6.20 Å². The van der Waals surface area contributed by atoms with E-state index in [0.717, 1.165) is 12.2 Å². The summed E-state index contributed by atoms with van der Waals surface area (Å²) in [5.41, 5.74) is 8.56. The summed E-state index contributed by atoms with van der Waals surface area (Å²) < 4.78 is 0. The van der Waals surface area contributed by atoms with Crippen LogP contribution in [0.5, 0.6) is 0 Å². The standard InChI is InChI=1S/C13H23N3/c14-13(12-6-1-2-7-12)10-16(15)9-8-11-4-3-5-11/h8,10,12H,1-7,9,14-15H2/b13-10-. The summed E-state index contributed by atoms with van der Waals surface area (Å²) in [6.45, 7) is 0.794. The van der Waals surface area contributed by atoms with Crippen LogP contribution in [-0.4, -0.2) is 11.6 Å². The first-order valence-electron chi connectivity index (χ1n) is 6.42. The predicted molar refractivity (Wildman–Crippen MR) is 67.1 cm³/mol. The fourth-order valence-electron chi connectivity index (χ4n) is 2.43. The zero-order valence-electron chi connectivity index (χ0n) is 9.99. The van der Waals surface area contributed by atoms with Crippen molar-refractivity contribution in [2.24, 2.45) is 17.5 Å². The van der Waals surface area contributed by atoms with Gasteiger partial charge in [-0.3, -0.25) is 0 Å². The lowest BCUT2D eigenvalue weighted by molar-refractivity contribution is 0.422. The number of nitrogens with zero attached hydrogens (tertiary/aromatic N) is 1. The summed E-state index contributed by atoms with van der Waals surface area (Å²) in [6, 6.07) is 0. The number of hydrogen-bond acceptors (Lipinski definition) is 3. The fourth-order valence-corrected chi connectivity index (χ4v) is 2.43. The summed E-state index contributed by atoms with van der Waals surface area (Å²) in [4.78, 5) is 0. The zero-order chi connectivity index (χ0) is 11.4. The van der Waals surface area contributed by atoms with E-state index in [9.17, 15) is 0 Å². The van der Waals surface area contributed by atoms with Crippen molar-refractivity contribution in [3.05, 3.63) is 23.5 Å². The maximum atomic E-state index is 6.05. The van der Waals surface area contributed by atoms with Gasteiger partial charge in [0.2, 0.25) is 0 Å². The maximum Gasteiger partial charge on any atom is 0.0519 e. The number of allylic oxidation sites excluding steroid dienone is 2. The van der Waals surface area contributed by atoms with Crippen LogP contribution in [0.1, 0.15) is 44.9 Å². The Morgan fingerprint density at radius 2 is 1.94 bits per heavy atom. The van der Waals surface area contributed by atoms with Crippen molar-refractivity contribution in [3.8, 4) is 0 Å². The van der Waals surface area contributed by atoms with Crippen molar-refractivity contribution in [3.63, 3.8) is 0 Å². The van der Waals surface area contributed by atoms with Crippen molar-refractivity contribution in [2.75, 3.05) is 6.54 Å². The first kappa shape index (κ1) is 11.5. The van der Waals surface area contributed by atoms with Crippen LogP contribution in [0, 0.1) is 5.92 Å². The quantitative estimate of drug-likeness (QED) is 0.435. The number of rotatable bonds is 4. The van der Waals surface area contributed by atoms with E-state index in [2.05, 4.69) is 6.08 Å². The van der Waals surface area contributed by atoms with Gasteiger partial charge in [-0.15, -0.1) is 0 Å². The average Bonchev–Trinajstić information content (AvgIpc) is 2.67. The Kier molecular flexibility index (Phi) is 3.88. The molecular formula is C13H23N3. The third kappa shape index (κ3) is 3.01. The first-order chi connectivity index (χ1) is 7.75. The molecule has 0 unspecified atom stereocenters. The summed E-state index contributed by atoms with van der Waals surface area (Å²) in [5, 5.41) is 1.72. The molecule has 0 radical (unpaired) electrons. The van der Waals surface area contributed by atoms with E-state index in [1.54, 1.807) is 10.6 Å². The summed E-state index contributed by atoms with van der Waals surface area (Å²) in [5.74, 6) is 6.47. The minimum atomic E-state index is 0.572. The monoisotopic (exact) mass is 221 g/mol. The Hall–Kier alpha value is -0.960. The molecule has 16 heavy (non-hydrogen) atoms. The predicted octanol–water partition coefficient (Wildman–Crippen LogP) is 2.26. The summed E-state index contributed by atoms with van der Waals surface area (Å²) >= 11 is 0. The molecule has 0 atom stereocenters. The van der Waals surface area contributed by atoms with E-state index in [-0.39, 0.29) is 0 Å². The molecule has 0 bridgehead atoms. The Labute approximate surface area is 98.1 Å². The van der Waals surface area contributed by atoms with E-state index >= 15 is 0 Å². The van der Waals surface area contributed by atoms with Gasteiger partial charge in [-0.25, -0.2) is 5.84 Å². The van der Waals surface area contributed by atoms with Gasteiger partial charge in [-0.2, -0.15) is 0 Å². The van der Waals surface area contributed by atoms with Crippen molar-refractivity contribution in [1.29, 1.82) is 0 Å². The van der Waals surface area contributed by atoms with Gasteiger partial charge in [-0.1, -0.05) is 24.5 Å². The lowest BCUT2D eigenvalue weighted by atomic mass is 9.92. The van der Waals surface area contributed by atoms with Crippen LogP contribution in [0.15, 0.2) is 23.5 Å². The van der Waals surface area contributed by atoms with Gasteiger partial charge >= 0.3 is 0 Å². The Morgan fingerprint density at radius 3 is 2.50 bits per heavy atom.